The van der Waals surface area contributed by atoms with E-state index < -0.39 is 0 Å². The van der Waals surface area contributed by atoms with Crippen LogP contribution in [0.1, 0.15) is 0 Å². The van der Waals surface area contributed by atoms with Crippen LogP contribution in [0.3, 0.4) is 0 Å². The van der Waals surface area contributed by atoms with Gasteiger partial charge in [-0.2, -0.15) is 5.10 Å². The number of aromatic nitrogens is 6. The molecule has 7 heteroatoms. The van der Waals surface area contributed by atoms with Crippen molar-refractivity contribution in [1.82, 2.24) is 29.8 Å². The van der Waals surface area contributed by atoms with Crippen molar-refractivity contribution in [2.75, 3.05) is 0 Å². The van der Waals surface area contributed by atoms with E-state index in [0.717, 1.165) is 13.1 Å². The van der Waals surface area contributed by atoms with Crippen LogP contribution in [0.25, 0.3) is 0 Å². The third kappa shape index (κ3) is 1.81. The first-order valence-electron chi connectivity index (χ1n) is 3.80. The molecule has 68 valence electrons. The lowest BCUT2D eigenvalue weighted by Gasteiger charge is -1.99. The number of nitrogens with one attached hydrogen (secondary N) is 1. The lowest BCUT2D eigenvalue weighted by molar-refractivity contribution is 0.515. The molecule has 2 rings (SSSR count). The molecular weight excluding hydrogens is 188 g/mol. The first-order valence-corrected chi connectivity index (χ1v) is 4.21. The summed E-state index contributed by atoms with van der Waals surface area (Å²) in [6.07, 6.45) is 5.12. The fourth-order valence-corrected chi connectivity index (χ4v) is 1.18. The van der Waals surface area contributed by atoms with Gasteiger partial charge in [-0.05, 0) is 12.2 Å². The summed E-state index contributed by atoms with van der Waals surface area (Å²) in [6.45, 7) is 1.49. The Balaban J connectivity index is 2.01. The van der Waals surface area contributed by atoms with Crippen molar-refractivity contribution in [2.45, 2.75) is 13.1 Å². The number of hydrogen-bond acceptors (Lipinski definition) is 4. The average Bonchev–Trinajstić information content (AvgIpc) is 2.72. The van der Waals surface area contributed by atoms with Crippen LogP contribution in [-0.2, 0) is 13.1 Å². The molecule has 0 unspecified atom stereocenters. The van der Waals surface area contributed by atoms with E-state index in [2.05, 4.69) is 20.5 Å². The second-order valence-electron chi connectivity index (χ2n) is 2.52. The van der Waals surface area contributed by atoms with Crippen LogP contribution in [0, 0.1) is 4.77 Å². The van der Waals surface area contributed by atoms with E-state index in [4.69, 9.17) is 12.2 Å². The molecule has 0 fully saturated rings. The van der Waals surface area contributed by atoms with Gasteiger partial charge in [-0.1, -0.05) is 5.21 Å². The van der Waals surface area contributed by atoms with Gasteiger partial charge >= 0.3 is 0 Å². The third-order valence-corrected chi connectivity index (χ3v) is 1.99. The Labute approximate surface area is 79.2 Å². The molecule has 0 saturated carbocycles. The summed E-state index contributed by atoms with van der Waals surface area (Å²) in [6, 6.07) is 0. The van der Waals surface area contributed by atoms with Crippen molar-refractivity contribution in [2.24, 2.45) is 0 Å². The molecule has 13 heavy (non-hydrogen) atoms. The number of hydrogen-bond donors (Lipinski definition) is 1. The second kappa shape index (κ2) is 3.48. The Bertz CT molecular complexity index is 412. The van der Waals surface area contributed by atoms with E-state index in [1.165, 1.54) is 0 Å². The minimum atomic E-state index is 0.625. The van der Waals surface area contributed by atoms with Crippen LogP contribution in [0.5, 0.6) is 0 Å². The minimum absolute atomic E-state index is 0.625. The Hall–Kier alpha value is -1.50. The van der Waals surface area contributed by atoms with Gasteiger partial charge in [0, 0.05) is 12.7 Å². The Kier molecular flexibility index (Phi) is 2.17. The summed E-state index contributed by atoms with van der Waals surface area (Å²) >= 11 is 4.98. The Morgan fingerprint density at radius 2 is 2.38 bits per heavy atom. The molecule has 0 aliphatic heterocycles. The molecule has 0 aromatic carbocycles. The molecule has 1 N–H and O–H groups in total. The Morgan fingerprint density at radius 1 is 1.46 bits per heavy atom. The molecule has 0 amide bonds. The maximum Gasteiger partial charge on any atom is 0.195 e. The van der Waals surface area contributed by atoms with Crippen LogP contribution < -0.4 is 0 Å². The molecule has 0 radical (unpaired) electrons. The monoisotopic (exact) mass is 196 g/mol. The summed E-state index contributed by atoms with van der Waals surface area (Å²) < 4.78 is 4.21. The van der Waals surface area contributed by atoms with Crippen LogP contribution in [0.2, 0.25) is 0 Å². The largest absolute Gasteiger partial charge is 0.305 e. The number of nitrogens with zero attached hydrogens (tertiary/aromatic N) is 5. The summed E-state index contributed by atoms with van der Waals surface area (Å²) in [5.74, 6) is 0. The maximum absolute atomic E-state index is 4.98. The first-order chi connectivity index (χ1) is 6.36. The molecule has 0 spiro atoms. The summed E-state index contributed by atoms with van der Waals surface area (Å²) in [7, 11) is 0. The minimum Gasteiger partial charge on any atom is -0.305 e. The molecule has 2 aromatic heterocycles. The van der Waals surface area contributed by atoms with Gasteiger partial charge in [-0.3, -0.25) is 9.78 Å². The van der Waals surface area contributed by atoms with Gasteiger partial charge < -0.3 is 4.57 Å². The number of rotatable bonds is 3. The van der Waals surface area contributed by atoms with Gasteiger partial charge in [-0.25, -0.2) is 0 Å². The van der Waals surface area contributed by atoms with Crippen LogP contribution in [0.4, 0.5) is 0 Å². The molecule has 0 bridgehead atoms. The number of aromatic amines is 1. The molecular formula is C6H8N6S. The van der Waals surface area contributed by atoms with Gasteiger partial charge in [0.1, 0.15) is 6.33 Å². The molecule has 0 aliphatic rings. The number of H-pyrrole nitrogens is 1. The van der Waals surface area contributed by atoms with Gasteiger partial charge in [0.15, 0.2) is 4.77 Å². The van der Waals surface area contributed by atoms with Crippen molar-refractivity contribution in [3.8, 4) is 0 Å². The van der Waals surface area contributed by atoms with Gasteiger partial charge in [0.05, 0.1) is 12.7 Å². The predicted octanol–water partition coefficient (Wildman–Crippen LogP) is 0.232. The van der Waals surface area contributed by atoms with Crippen molar-refractivity contribution in [3.05, 3.63) is 23.5 Å². The fourth-order valence-electron chi connectivity index (χ4n) is 0.992. The molecule has 0 aliphatic carbocycles. The van der Waals surface area contributed by atoms with Crippen molar-refractivity contribution >= 4 is 12.2 Å². The highest BCUT2D eigenvalue weighted by Gasteiger charge is 1.94. The molecule has 6 nitrogen and oxygen atoms in total. The summed E-state index contributed by atoms with van der Waals surface area (Å²) in [5.41, 5.74) is 0. The average molecular weight is 196 g/mol. The Morgan fingerprint density at radius 3 is 3.00 bits per heavy atom. The predicted molar refractivity (Wildman–Crippen MR) is 47.4 cm³/mol. The zero-order valence-corrected chi connectivity index (χ0v) is 7.61. The highest BCUT2D eigenvalue weighted by Crippen LogP contribution is 1.90. The SMILES string of the molecule is S=c1[nH]ncn1CCn1ccnn1. The van der Waals surface area contributed by atoms with Crippen LogP contribution >= 0.6 is 12.2 Å². The first kappa shape index (κ1) is 8.11. The highest BCUT2D eigenvalue weighted by atomic mass is 32.1. The summed E-state index contributed by atoms with van der Waals surface area (Å²) in [4.78, 5) is 0. The van der Waals surface area contributed by atoms with E-state index in [9.17, 15) is 0 Å². The highest BCUT2D eigenvalue weighted by molar-refractivity contribution is 7.71. The van der Waals surface area contributed by atoms with Crippen molar-refractivity contribution in [3.63, 3.8) is 0 Å². The van der Waals surface area contributed by atoms with Gasteiger partial charge in [0.25, 0.3) is 0 Å². The molecule has 2 heterocycles. The molecule has 2 aromatic rings. The van der Waals surface area contributed by atoms with Crippen LogP contribution in [-0.4, -0.2) is 29.8 Å². The lowest BCUT2D eigenvalue weighted by Crippen LogP contribution is -2.07. The van der Waals surface area contributed by atoms with E-state index in [-0.39, 0.29) is 0 Å². The quantitative estimate of drug-likeness (QED) is 0.714. The topological polar surface area (TPSA) is 64.3 Å². The van der Waals surface area contributed by atoms with E-state index >= 15 is 0 Å². The smallest absolute Gasteiger partial charge is 0.195 e. The maximum atomic E-state index is 4.98. The summed E-state index contributed by atoms with van der Waals surface area (Å²) in [5, 5.41) is 14.0. The van der Waals surface area contributed by atoms with Gasteiger partial charge in [0.2, 0.25) is 0 Å². The second-order valence-corrected chi connectivity index (χ2v) is 2.91. The standard InChI is InChI=1S/C6H8N6S/c13-6-9-8-5-11(6)3-4-12-2-1-7-10-12/h1-2,5H,3-4H2,(H,9,13). The normalized spacial score (nSPS) is 10.5. The zero-order valence-electron chi connectivity index (χ0n) is 6.79. The van der Waals surface area contributed by atoms with E-state index in [1.807, 2.05) is 10.8 Å². The zero-order chi connectivity index (χ0) is 9.10. The van der Waals surface area contributed by atoms with Gasteiger partial charge in [-0.15, -0.1) is 5.10 Å². The molecule has 0 saturated heterocycles. The van der Waals surface area contributed by atoms with Crippen molar-refractivity contribution < 1.29 is 0 Å². The third-order valence-electron chi connectivity index (χ3n) is 1.66. The number of aryl methyl sites for hydroxylation is 2. The van der Waals surface area contributed by atoms with Crippen molar-refractivity contribution in [1.29, 1.82) is 0 Å². The lowest BCUT2D eigenvalue weighted by atomic mass is 10.6. The van der Waals surface area contributed by atoms with Crippen LogP contribution in [0.15, 0.2) is 18.7 Å². The molecule has 0 atom stereocenters. The fraction of sp³-hybridized carbons (Fsp3) is 0.333. The van der Waals surface area contributed by atoms with E-state index in [0.29, 0.717) is 4.77 Å². The van der Waals surface area contributed by atoms with E-state index in [1.54, 1.807) is 17.2 Å².